The van der Waals surface area contributed by atoms with E-state index in [0.717, 1.165) is 87.2 Å². The number of nitrogens with one attached hydrogen (secondary N) is 1. The molecule has 4 saturated heterocycles. The maximum Gasteiger partial charge on any atom is 0.410 e. The number of sulfonamides is 1. The summed E-state index contributed by atoms with van der Waals surface area (Å²) in [6.45, 7) is 11.5. The molecule has 4 aromatic rings. The largest absolute Gasteiger partial charge is 0.453 e. The van der Waals surface area contributed by atoms with Gasteiger partial charge in [0.15, 0.2) is 23.3 Å². The number of rotatable bonds is 5. The minimum Gasteiger partial charge on any atom is -0.453 e. The monoisotopic (exact) mass is 1290 g/mol. The van der Waals surface area contributed by atoms with Gasteiger partial charge in [0.05, 0.1) is 60.9 Å². The van der Waals surface area contributed by atoms with Crippen molar-refractivity contribution < 1.29 is 27.5 Å². The summed E-state index contributed by atoms with van der Waals surface area (Å²) >= 11 is 13.1. The average molecular weight is 1300 g/mol. The number of amides is 2. The molecule has 4 aliphatic heterocycles. The van der Waals surface area contributed by atoms with E-state index in [0.29, 0.717) is 98.7 Å². The van der Waals surface area contributed by atoms with Crippen LogP contribution in [0.25, 0.3) is 0 Å². The lowest BCUT2D eigenvalue weighted by Crippen LogP contribution is -2.41. The predicted molar refractivity (Wildman–Crippen MR) is 299 cm³/mol. The molecule has 0 aromatic carbocycles. The zero-order valence-corrected chi connectivity index (χ0v) is 47.7. The quantitative estimate of drug-likeness (QED) is 0.126. The third-order valence-electron chi connectivity index (χ3n) is 12.1. The minimum absolute atomic E-state index is 0. The molecule has 0 aliphatic carbocycles. The zero-order chi connectivity index (χ0) is 52.0. The number of ether oxygens (including phenoxy) is 2. The Bertz CT molecular complexity index is 2520. The second-order valence-electron chi connectivity index (χ2n) is 18.3. The van der Waals surface area contributed by atoms with E-state index in [-0.39, 0.29) is 33.0 Å². The second kappa shape index (κ2) is 29.2. The van der Waals surface area contributed by atoms with E-state index in [1.165, 1.54) is 17.7 Å². The lowest BCUT2D eigenvalue weighted by Gasteiger charge is -2.33. The molecular formula is C46H72Br4N16O6S. The number of hydrogen-bond acceptors (Lipinski definition) is 19. The number of hydrogen-bond donors (Lipinski definition) is 5. The molecule has 8 heterocycles. The highest BCUT2D eigenvalue weighted by Gasteiger charge is 2.30. The summed E-state index contributed by atoms with van der Waals surface area (Å²) < 4.78 is 36.8. The van der Waals surface area contributed by atoms with Crippen molar-refractivity contribution in [2.45, 2.75) is 116 Å². The van der Waals surface area contributed by atoms with Crippen molar-refractivity contribution in [3.05, 3.63) is 66.0 Å². The molecule has 0 saturated carbocycles. The van der Waals surface area contributed by atoms with E-state index in [1.807, 2.05) is 20.8 Å². The molecule has 0 atom stereocenters. The fraction of sp³-hybridized carbons (Fsp3) is 0.609. The van der Waals surface area contributed by atoms with Crippen molar-refractivity contribution in [3.63, 3.8) is 0 Å². The van der Waals surface area contributed by atoms with Gasteiger partial charge in [0.25, 0.3) is 0 Å². The van der Waals surface area contributed by atoms with Crippen LogP contribution in [-0.2, 0) is 19.5 Å². The summed E-state index contributed by atoms with van der Waals surface area (Å²) in [6, 6.07) is 0. The molecule has 406 valence electrons. The van der Waals surface area contributed by atoms with Gasteiger partial charge < -0.3 is 47.5 Å². The van der Waals surface area contributed by atoms with E-state index in [1.54, 1.807) is 34.6 Å². The first kappa shape index (κ1) is 63.1. The van der Waals surface area contributed by atoms with Gasteiger partial charge in [-0.25, -0.2) is 62.2 Å². The third-order valence-corrected chi connectivity index (χ3v) is 15.7. The number of anilines is 4. The Balaban J connectivity index is 0.000000257. The van der Waals surface area contributed by atoms with Crippen LogP contribution in [0.15, 0.2) is 43.2 Å². The summed E-state index contributed by atoms with van der Waals surface area (Å²) in [5.74, 6) is 3.00. The Morgan fingerprint density at radius 1 is 0.562 bits per heavy atom. The Kier molecular flexibility index (Phi) is 25.3. The number of nitrogens with zero attached hydrogens (tertiary/aromatic N) is 11. The van der Waals surface area contributed by atoms with Gasteiger partial charge in [-0.15, -0.1) is 0 Å². The van der Waals surface area contributed by atoms with Crippen molar-refractivity contribution in [2.75, 3.05) is 88.7 Å². The molecule has 0 bridgehead atoms. The van der Waals surface area contributed by atoms with E-state index in [4.69, 9.17) is 32.4 Å². The van der Waals surface area contributed by atoms with Gasteiger partial charge in [0.1, 0.15) is 24.0 Å². The first-order chi connectivity index (χ1) is 33.5. The number of piperidine rings is 4. The molecule has 0 radical (unpaired) electrons. The fourth-order valence-electron chi connectivity index (χ4n) is 8.11. The summed E-state index contributed by atoms with van der Waals surface area (Å²) in [7, 11) is -1.68. The molecule has 0 unspecified atom stereocenters. The molecule has 2 amide bonds. The molecule has 0 spiro atoms. The summed E-state index contributed by atoms with van der Waals surface area (Å²) in [5, 5.41) is 3.33. The van der Waals surface area contributed by atoms with Gasteiger partial charge in [-0.1, -0.05) is 14.9 Å². The van der Waals surface area contributed by atoms with Crippen LogP contribution >= 0.6 is 63.7 Å². The molecule has 4 aliphatic rings. The van der Waals surface area contributed by atoms with Gasteiger partial charge in [-0.05, 0) is 149 Å². The second-order valence-corrected chi connectivity index (χ2v) is 23.3. The SMILES string of the molecule is C.C.CC(C)(C)OC(=O)N1CCC(c2cnc(N)c(Br)n2)CC1.COC(=O)N1CCC(c2cnc(N)c(Br)n2)CC1.CS(=O)(=O)N1CCC(c2cnc(N)c(Br)n2)CC1.Nc1ncc(C2CCNCC2)nc1Br. The van der Waals surface area contributed by atoms with E-state index in [9.17, 15) is 18.0 Å². The molecule has 73 heavy (non-hydrogen) atoms. The number of likely N-dealkylation sites (tertiary alicyclic amines) is 2. The fourth-order valence-corrected chi connectivity index (χ4v) is 10.2. The lowest BCUT2D eigenvalue weighted by atomic mass is 9.94. The topological polar surface area (TPSA) is 316 Å². The zero-order valence-electron chi connectivity index (χ0n) is 40.5. The first-order valence-electron chi connectivity index (χ1n) is 23.1. The lowest BCUT2D eigenvalue weighted by molar-refractivity contribution is 0.0203. The van der Waals surface area contributed by atoms with Gasteiger partial charge >= 0.3 is 12.2 Å². The number of halogens is 4. The molecular weight excluding hydrogens is 1220 g/mol. The number of carbonyl (C=O) groups is 2. The number of carbonyl (C=O) groups excluding carboxylic acids is 2. The number of methoxy groups -OCH3 is 1. The Morgan fingerprint density at radius 3 is 1.12 bits per heavy atom. The average Bonchev–Trinajstić information content (AvgIpc) is 3.35. The highest BCUT2D eigenvalue weighted by molar-refractivity contribution is 9.11. The van der Waals surface area contributed by atoms with Gasteiger partial charge in [0.2, 0.25) is 10.0 Å². The van der Waals surface area contributed by atoms with Gasteiger partial charge in [-0.2, -0.15) is 0 Å². The maximum atomic E-state index is 12.0. The van der Waals surface area contributed by atoms with Crippen molar-refractivity contribution in [1.29, 1.82) is 0 Å². The van der Waals surface area contributed by atoms with Crippen molar-refractivity contribution >= 4 is 109 Å². The minimum atomic E-state index is -3.08. The third kappa shape index (κ3) is 19.5. The number of aromatic nitrogens is 8. The van der Waals surface area contributed by atoms with Gasteiger partial charge in [0, 0.05) is 62.9 Å². The van der Waals surface area contributed by atoms with Crippen LogP contribution in [0.3, 0.4) is 0 Å². The Hall–Kier alpha value is -4.15. The van der Waals surface area contributed by atoms with Crippen LogP contribution in [-0.4, -0.2) is 146 Å². The van der Waals surface area contributed by atoms with E-state index in [2.05, 4.69) is 109 Å². The highest BCUT2D eigenvalue weighted by Crippen LogP contribution is 2.32. The molecule has 4 fully saturated rings. The number of nitrogen functional groups attached to an aromatic ring is 4. The van der Waals surface area contributed by atoms with Crippen LogP contribution in [0.2, 0.25) is 0 Å². The van der Waals surface area contributed by atoms with Crippen LogP contribution in [0, 0.1) is 0 Å². The van der Waals surface area contributed by atoms with Crippen LogP contribution < -0.4 is 28.3 Å². The van der Waals surface area contributed by atoms with Crippen LogP contribution in [0.5, 0.6) is 0 Å². The van der Waals surface area contributed by atoms with Crippen molar-refractivity contribution in [1.82, 2.24) is 59.3 Å². The summed E-state index contributed by atoms with van der Waals surface area (Å²) in [5.41, 5.74) is 25.7. The standard InChI is InChI=1S/C14H21BrN4O2.C11H15BrN4O2.C10H15BrN4O2S.C9H13BrN4.2CH4/c1-14(2,3)21-13(20)19-6-4-9(5-7-19)10-8-17-12(16)11(15)18-10;1-18-11(17)16-4-2-7(3-5-16)8-6-14-10(13)9(12)15-8;1-18(16,17)15-4-2-7(3-5-15)8-6-13-10(12)9(11)14-8;10-8-9(11)13-5-7(14-8)6-1-3-12-4-2-6;;/h8-9H,4-7H2,1-3H3,(H2,16,17);6-7H,2-5H2,1H3,(H2,13,14);6-7H,2-5H2,1H3,(H2,12,13);5-6,12H,1-4H2,(H2,11,13);2*1H4. The van der Waals surface area contributed by atoms with Crippen LogP contribution in [0.4, 0.5) is 32.9 Å². The smallest absolute Gasteiger partial charge is 0.410 e. The summed E-state index contributed by atoms with van der Waals surface area (Å²) in [4.78, 5) is 60.7. The Morgan fingerprint density at radius 2 is 0.849 bits per heavy atom. The van der Waals surface area contributed by atoms with Crippen molar-refractivity contribution in [3.8, 4) is 0 Å². The predicted octanol–water partition coefficient (Wildman–Crippen LogP) is 8.22. The normalized spacial score (nSPS) is 17.2. The number of nitrogens with two attached hydrogens (primary N) is 4. The molecule has 27 heteroatoms. The van der Waals surface area contributed by atoms with Crippen molar-refractivity contribution in [2.24, 2.45) is 0 Å². The Labute approximate surface area is 463 Å². The molecule has 8 rings (SSSR count). The van der Waals surface area contributed by atoms with E-state index >= 15 is 0 Å². The molecule has 22 nitrogen and oxygen atoms in total. The maximum absolute atomic E-state index is 12.0. The van der Waals surface area contributed by atoms with E-state index < -0.39 is 15.6 Å². The molecule has 4 aromatic heterocycles. The first-order valence-corrected chi connectivity index (χ1v) is 28.1. The highest BCUT2D eigenvalue weighted by atomic mass is 79.9. The van der Waals surface area contributed by atoms with Gasteiger partial charge in [-0.3, -0.25) is 0 Å². The molecule has 9 N–H and O–H groups in total. The van der Waals surface area contributed by atoms with Crippen LogP contribution in [0.1, 0.15) is 133 Å². The summed E-state index contributed by atoms with van der Waals surface area (Å²) in [6.07, 6.45) is 14.8.